The van der Waals surface area contributed by atoms with E-state index in [0.29, 0.717) is 6.54 Å². The smallest absolute Gasteiger partial charge is 0.287 e. The number of anilines is 1. The van der Waals surface area contributed by atoms with Crippen LogP contribution in [0.2, 0.25) is 0 Å². The summed E-state index contributed by atoms with van der Waals surface area (Å²) in [6.45, 7) is 0.918. The van der Waals surface area contributed by atoms with Crippen LogP contribution in [0.15, 0.2) is 51.6 Å². The summed E-state index contributed by atoms with van der Waals surface area (Å²) in [5, 5.41) is 5.41. The van der Waals surface area contributed by atoms with Crippen LogP contribution in [0, 0.1) is 5.92 Å². The molecule has 1 fully saturated rings. The summed E-state index contributed by atoms with van der Waals surface area (Å²) in [6.07, 6.45) is 1.60. The van der Waals surface area contributed by atoms with Crippen LogP contribution >= 0.6 is 15.9 Å². The number of carbonyl (C=O) groups excluding carboxylic acids is 3. The van der Waals surface area contributed by atoms with Crippen molar-refractivity contribution in [3.05, 3.63) is 52.9 Å². The lowest BCUT2D eigenvalue weighted by molar-refractivity contribution is -0.126. The first-order valence-electron chi connectivity index (χ1n) is 8.20. The molecule has 2 aromatic rings. The van der Waals surface area contributed by atoms with E-state index in [-0.39, 0.29) is 43.0 Å². The minimum absolute atomic E-state index is 0.0707. The van der Waals surface area contributed by atoms with E-state index >= 15 is 0 Å². The van der Waals surface area contributed by atoms with E-state index < -0.39 is 5.92 Å². The summed E-state index contributed by atoms with van der Waals surface area (Å²) in [5.74, 6) is -0.764. The minimum atomic E-state index is -0.396. The number of carbonyl (C=O) groups is 3. The number of benzene rings is 1. The molecular formula is C18H18BrN3O4. The second kappa shape index (κ2) is 8.18. The normalized spacial score (nSPS) is 16.6. The third kappa shape index (κ3) is 4.32. The summed E-state index contributed by atoms with van der Waals surface area (Å²) in [6, 6.07) is 10.6. The number of nitrogens with one attached hydrogen (secondary N) is 2. The largest absolute Gasteiger partial charge is 0.459 e. The Bertz CT molecular complexity index is 789. The number of amides is 3. The first-order chi connectivity index (χ1) is 12.5. The molecule has 0 aliphatic carbocycles. The zero-order valence-corrected chi connectivity index (χ0v) is 15.5. The van der Waals surface area contributed by atoms with Crippen molar-refractivity contribution in [3.63, 3.8) is 0 Å². The quantitative estimate of drug-likeness (QED) is 0.699. The molecule has 1 aromatic heterocycles. The van der Waals surface area contributed by atoms with Gasteiger partial charge in [-0.15, -0.1) is 0 Å². The topological polar surface area (TPSA) is 91.7 Å². The van der Waals surface area contributed by atoms with Gasteiger partial charge in [0, 0.05) is 36.2 Å². The van der Waals surface area contributed by atoms with Crippen molar-refractivity contribution in [2.75, 3.05) is 24.5 Å². The number of furan rings is 1. The summed E-state index contributed by atoms with van der Waals surface area (Å²) in [5.41, 5.74) is 0.777. The van der Waals surface area contributed by atoms with Gasteiger partial charge in [0.25, 0.3) is 5.91 Å². The summed E-state index contributed by atoms with van der Waals surface area (Å²) in [4.78, 5) is 37.8. The highest BCUT2D eigenvalue weighted by atomic mass is 79.9. The molecule has 0 unspecified atom stereocenters. The van der Waals surface area contributed by atoms with Gasteiger partial charge >= 0.3 is 0 Å². The van der Waals surface area contributed by atoms with Crippen LogP contribution in [0.25, 0.3) is 0 Å². The lowest BCUT2D eigenvalue weighted by Gasteiger charge is -2.16. The highest BCUT2D eigenvalue weighted by Gasteiger charge is 2.34. The molecule has 0 spiro atoms. The van der Waals surface area contributed by atoms with Gasteiger partial charge in [-0.05, 0) is 36.4 Å². The number of rotatable bonds is 6. The lowest BCUT2D eigenvalue weighted by Crippen LogP contribution is -2.38. The van der Waals surface area contributed by atoms with Gasteiger partial charge in [0.1, 0.15) is 0 Å². The number of nitrogens with zero attached hydrogens (tertiary/aromatic N) is 1. The van der Waals surface area contributed by atoms with Crippen molar-refractivity contribution < 1.29 is 18.8 Å². The van der Waals surface area contributed by atoms with Gasteiger partial charge in [-0.1, -0.05) is 15.9 Å². The standard InChI is InChI=1S/C18H18BrN3O4/c19-13-3-5-14(6-4-13)22-11-12(10-16(22)23)17(24)20-7-8-21-18(25)15-2-1-9-26-15/h1-6,9,12H,7-8,10-11H2,(H,20,24)(H,21,25)/t12-/m1/s1. The highest BCUT2D eigenvalue weighted by Crippen LogP contribution is 2.26. The van der Waals surface area contributed by atoms with E-state index in [1.165, 1.54) is 6.26 Å². The molecule has 2 N–H and O–H groups in total. The monoisotopic (exact) mass is 419 g/mol. The van der Waals surface area contributed by atoms with Gasteiger partial charge in [0.15, 0.2) is 5.76 Å². The highest BCUT2D eigenvalue weighted by molar-refractivity contribution is 9.10. The fraction of sp³-hybridized carbons (Fsp3) is 0.278. The molecule has 8 heteroatoms. The molecule has 0 bridgehead atoms. The number of hydrogen-bond donors (Lipinski definition) is 2. The Morgan fingerprint density at radius 1 is 1.15 bits per heavy atom. The maximum atomic E-state index is 12.3. The molecule has 26 heavy (non-hydrogen) atoms. The van der Waals surface area contributed by atoms with Crippen LogP contribution in [-0.4, -0.2) is 37.4 Å². The van der Waals surface area contributed by atoms with Crippen molar-refractivity contribution in [2.45, 2.75) is 6.42 Å². The summed E-state index contributed by atoms with van der Waals surface area (Å²) < 4.78 is 5.91. The van der Waals surface area contributed by atoms with Crippen LogP contribution in [0.3, 0.4) is 0 Å². The molecule has 1 aromatic carbocycles. The molecule has 0 radical (unpaired) electrons. The van der Waals surface area contributed by atoms with Crippen molar-refractivity contribution in [1.82, 2.24) is 10.6 Å². The fourth-order valence-corrected chi connectivity index (χ4v) is 3.02. The molecule has 0 saturated carbocycles. The van der Waals surface area contributed by atoms with Crippen molar-refractivity contribution >= 4 is 39.3 Å². The molecule has 7 nitrogen and oxygen atoms in total. The van der Waals surface area contributed by atoms with Gasteiger partial charge < -0.3 is 20.0 Å². The number of halogens is 1. The maximum Gasteiger partial charge on any atom is 0.287 e. The average molecular weight is 420 g/mol. The molecule has 1 saturated heterocycles. The van der Waals surface area contributed by atoms with Gasteiger partial charge in [-0.25, -0.2) is 0 Å². The van der Waals surface area contributed by atoms with Gasteiger partial charge in [-0.3, -0.25) is 14.4 Å². The molecule has 1 aliphatic rings. The number of hydrogen-bond acceptors (Lipinski definition) is 4. The third-order valence-electron chi connectivity index (χ3n) is 4.09. The van der Waals surface area contributed by atoms with E-state index in [9.17, 15) is 14.4 Å². The Hall–Kier alpha value is -2.61. The SMILES string of the molecule is O=C(NCCNC(=O)[C@@H]1CC(=O)N(c2ccc(Br)cc2)C1)c1ccco1. The average Bonchev–Trinajstić information content (AvgIpc) is 3.29. The lowest BCUT2D eigenvalue weighted by atomic mass is 10.1. The van der Waals surface area contributed by atoms with Crippen LogP contribution in [-0.2, 0) is 9.59 Å². The minimum Gasteiger partial charge on any atom is -0.459 e. The van der Waals surface area contributed by atoms with Gasteiger partial charge in [-0.2, -0.15) is 0 Å². The zero-order valence-electron chi connectivity index (χ0n) is 13.9. The molecule has 136 valence electrons. The second-order valence-corrected chi connectivity index (χ2v) is 6.82. The van der Waals surface area contributed by atoms with Crippen molar-refractivity contribution in [3.8, 4) is 0 Å². The Morgan fingerprint density at radius 2 is 1.88 bits per heavy atom. The van der Waals surface area contributed by atoms with E-state index in [4.69, 9.17) is 4.42 Å². The van der Waals surface area contributed by atoms with Crippen molar-refractivity contribution in [1.29, 1.82) is 0 Å². The first kappa shape index (κ1) is 18.2. The van der Waals surface area contributed by atoms with Crippen LogP contribution in [0.4, 0.5) is 5.69 Å². The Morgan fingerprint density at radius 3 is 2.58 bits per heavy atom. The molecule has 1 aliphatic heterocycles. The maximum absolute atomic E-state index is 12.3. The molecule has 2 heterocycles. The molecule has 3 amide bonds. The van der Waals surface area contributed by atoms with E-state index in [1.807, 2.05) is 24.3 Å². The predicted molar refractivity (Wildman–Crippen MR) is 98.7 cm³/mol. The first-order valence-corrected chi connectivity index (χ1v) is 8.99. The van der Waals surface area contributed by atoms with Crippen LogP contribution < -0.4 is 15.5 Å². The summed E-state index contributed by atoms with van der Waals surface area (Å²) >= 11 is 3.36. The van der Waals surface area contributed by atoms with E-state index in [0.717, 1.165) is 10.2 Å². The van der Waals surface area contributed by atoms with Gasteiger partial charge in [0.2, 0.25) is 11.8 Å². The van der Waals surface area contributed by atoms with Gasteiger partial charge in [0.05, 0.1) is 12.2 Å². The molecule has 1 atom stereocenters. The van der Waals surface area contributed by atoms with Crippen LogP contribution in [0.5, 0.6) is 0 Å². The zero-order chi connectivity index (χ0) is 18.5. The predicted octanol–water partition coefficient (Wildman–Crippen LogP) is 1.94. The van der Waals surface area contributed by atoms with E-state index in [2.05, 4.69) is 26.6 Å². The molecular weight excluding hydrogens is 402 g/mol. The van der Waals surface area contributed by atoms with Crippen molar-refractivity contribution in [2.24, 2.45) is 5.92 Å². The molecule has 3 rings (SSSR count). The third-order valence-corrected chi connectivity index (χ3v) is 4.62. The second-order valence-electron chi connectivity index (χ2n) is 5.91. The Kier molecular flexibility index (Phi) is 5.72. The summed E-state index contributed by atoms with van der Waals surface area (Å²) in [7, 11) is 0. The van der Waals surface area contributed by atoms with E-state index in [1.54, 1.807) is 17.0 Å². The Balaban J connectivity index is 1.44. The fourth-order valence-electron chi connectivity index (χ4n) is 2.75. The Labute approximate surface area is 158 Å². The van der Waals surface area contributed by atoms with Crippen LogP contribution in [0.1, 0.15) is 17.0 Å².